The smallest absolute Gasteiger partial charge is 0.308 e. The van der Waals surface area contributed by atoms with Crippen LogP contribution in [0.25, 0.3) is 0 Å². The van der Waals surface area contributed by atoms with Gasteiger partial charge in [0, 0.05) is 13.1 Å². The molecule has 0 bridgehead atoms. The predicted molar refractivity (Wildman–Crippen MR) is 81.2 cm³/mol. The zero-order valence-corrected chi connectivity index (χ0v) is 13.4. The number of hydrogen-bond acceptors (Lipinski definition) is 3. The average Bonchev–Trinajstić information content (AvgIpc) is 2.49. The van der Waals surface area contributed by atoms with Gasteiger partial charge in [0.25, 0.3) is 5.91 Å². The van der Waals surface area contributed by atoms with Crippen LogP contribution in [0, 0.1) is 5.92 Å². The number of hydrogen-bond donors (Lipinski definition) is 1. The van der Waals surface area contributed by atoms with E-state index in [0.717, 1.165) is 4.47 Å². The molecule has 0 saturated carbocycles. The molecular weight excluding hydrogens is 338 g/mol. The van der Waals surface area contributed by atoms with Crippen LogP contribution in [0.5, 0.6) is 5.75 Å². The van der Waals surface area contributed by atoms with Gasteiger partial charge in [-0.25, -0.2) is 0 Å². The third kappa shape index (κ3) is 3.97. The Hall–Kier alpha value is -1.56. The second kappa shape index (κ2) is 6.93. The molecular formula is C15H18BrNO4. The van der Waals surface area contributed by atoms with Gasteiger partial charge in [-0.2, -0.15) is 0 Å². The summed E-state index contributed by atoms with van der Waals surface area (Å²) in [5.74, 6) is -0.882. The standard InChI is InChI=1S/C15H18BrNO4/c1-10(21-13-7-3-2-6-12(13)16)14(18)17-8-4-5-11(9-17)15(19)20/h2-3,6-7,10-11H,4-5,8-9H2,1H3,(H,19,20)/t10-,11+/m0/s1. The summed E-state index contributed by atoms with van der Waals surface area (Å²) in [6.45, 7) is 2.54. The Labute approximate surface area is 132 Å². The number of amides is 1. The quantitative estimate of drug-likeness (QED) is 0.900. The van der Waals surface area contributed by atoms with E-state index in [9.17, 15) is 9.59 Å². The van der Waals surface area contributed by atoms with Crippen LogP contribution in [0.1, 0.15) is 19.8 Å². The number of rotatable bonds is 4. The molecule has 1 saturated heterocycles. The van der Waals surface area contributed by atoms with E-state index in [-0.39, 0.29) is 12.5 Å². The first-order valence-corrected chi connectivity index (χ1v) is 7.71. The number of benzene rings is 1. The van der Waals surface area contributed by atoms with Crippen molar-refractivity contribution in [3.63, 3.8) is 0 Å². The Morgan fingerprint density at radius 1 is 1.43 bits per heavy atom. The van der Waals surface area contributed by atoms with Crippen LogP contribution in [-0.4, -0.2) is 41.1 Å². The largest absolute Gasteiger partial charge is 0.481 e. The molecule has 1 fully saturated rings. The highest BCUT2D eigenvalue weighted by molar-refractivity contribution is 9.10. The molecule has 0 aromatic heterocycles. The molecule has 2 atom stereocenters. The third-order valence-corrected chi connectivity index (χ3v) is 4.23. The van der Waals surface area contributed by atoms with Crippen LogP contribution < -0.4 is 4.74 Å². The highest BCUT2D eigenvalue weighted by Crippen LogP contribution is 2.25. The summed E-state index contributed by atoms with van der Waals surface area (Å²) in [5, 5.41) is 9.07. The SMILES string of the molecule is C[C@H](Oc1ccccc1Br)C(=O)N1CCC[C@@H](C(=O)O)C1. The number of nitrogens with zero attached hydrogens (tertiary/aromatic N) is 1. The van der Waals surface area contributed by atoms with Crippen LogP contribution in [0.4, 0.5) is 0 Å². The maximum absolute atomic E-state index is 12.4. The van der Waals surface area contributed by atoms with Crippen LogP contribution in [0.2, 0.25) is 0 Å². The molecule has 114 valence electrons. The van der Waals surface area contributed by atoms with E-state index in [1.807, 2.05) is 18.2 Å². The van der Waals surface area contributed by atoms with Gasteiger partial charge >= 0.3 is 5.97 Å². The number of ether oxygens (including phenoxy) is 1. The molecule has 1 N–H and O–H groups in total. The molecule has 1 aliphatic rings. The van der Waals surface area contributed by atoms with Crippen molar-refractivity contribution in [1.29, 1.82) is 0 Å². The molecule has 1 amide bonds. The van der Waals surface area contributed by atoms with E-state index in [1.54, 1.807) is 17.9 Å². The van der Waals surface area contributed by atoms with Crippen LogP contribution in [0.3, 0.4) is 0 Å². The average molecular weight is 356 g/mol. The molecule has 1 aromatic carbocycles. The summed E-state index contributed by atoms with van der Waals surface area (Å²) in [7, 11) is 0. The maximum Gasteiger partial charge on any atom is 0.308 e. The van der Waals surface area contributed by atoms with Crippen molar-refractivity contribution in [1.82, 2.24) is 4.90 Å². The summed E-state index contributed by atoms with van der Waals surface area (Å²) in [6, 6.07) is 7.32. The molecule has 5 nitrogen and oxygen atoms in total. The number of carbonyl (C=O) groups is 2. The molecule has 2 rings (SSSR count). The molecule has 0 unspecified atom stereocenters. The van der Waals surface area contributed by atoms with E-state index >= 15 is 0 Å². The van der Waals surface area contributed by atoms with Gasteiger partial charge in [0.15, 0.2) is 6.10 Å². The van der Waals surface area contributed by atoms with Gasteiger partial charge in [-0.15, -0.1) is 0 Å². The zero-order valence-electron chi connectivity index (χ0n) is 11.8. The third-order valence-electron chi connectivity index (χ3n) is 3.57. The van der Waals surface area contributed by atoms with Crippen molar-refractivity contribution in [3.05, 3.63) is 28.7 Å². The number of carboxylic acids is 1. The molecule has 6 heteroatoms. The number of piperidine rings is 1. The van der Waals surface area contributed by atoms with Crippen molar-refractivity contribution in [2.45, 2.75) is 25.9 Å². The lowest BCUT2D eigenvalue weighted by atomic mass is 9.98. The van der Waals surface area contributed by atoms with Gasteiger partial charge in [0.2, 0.25) is 0 Å². The number of halogens is 1. The molecule has 1 heterocycles. The normalized spacial score (nSPS) is 19.9. The summed E-state index contributed by atoms with van der Waals surface area (Å²) in [6.07, 6.45) is 0.694. The topological polar surface area (TPSA) is 66.8 Å². The Kier molecular flexibility index (Phi) is 5.22. The second-order valence-corrected chi connectivity index (χ2v) is 6.01. The zero-order chi connectivity index (χ0) is 15.4. The fraction of sp³-hybridized carbons (Fsp3) is 0.467. The monoisotopic (exact) mass is 355 g/mol. The fourth-order valence-corrected chi connectivity index (χ4v) is 2.80. The van der Waals surface area contributed by atoms with Gasteiger partial charge < -0.3 is 14.7 Å². The molecule has 1 aromatic rings. The first-order chi connectivity index (χ1) is 9.99. The van der Waals surface area contributed by atoms with Gasteiger partial charge in [-0.3, -0.25) is 9.59 Å². The minimum Gasteiger partial charge on any atom is -0.481 e. The number of aliphatic carboxylic acids is 1. The van der Waals surface area contributed by atoms with Gasteiger partial charge in [0.1, 0.15) is 5.75 Å². The molecule has 1 aliphatic heterocycles. The highest BCUT2D eigenvalue weighted by Gasteiger charge is 2.31. The molecule has 0 radical (unpaired) electrons. The lowest BCUT2D eigenvalue weighted by molar-refractivity contribution is -0.147. The summed E-state index contributed by atoms with van der Waals surface area (Å²) in [4.78, 5) is 25.0. The van der Waals surface area contributed by atoms with E-state index in [0.29, 0.717) is 25.1 Å². The van der Waals surface area contributed by atoms with Crippen molar-refractivity contribution in [2.24, 2.45) is 5.92 Å². The Bertz CT molecular complexity index is 534. The number of carboxylic acid groups (broad SMARTS) is 1. The van der Waals surface area contributed by atoms with Crippen molar-refractivity contribution in [2.75, 3.05) is 13.1 Å². The second-order valence-electron chi connectivity index (χ2n) is 5.15. The summed E-state index contributed by atoms with van der Waals surface area (Å²) < 4.78 is 6.45. The Morgan fingerprint density at radius 3 is 2.81 bits per heavy atom. The van der Waals surface area contributed by atoms with E-state index in [1.165, 1.54) is 0 Å². The van der Waals surface area contributed by atoms with Gasteiger partial charge in [-0.05, 0) is 47.8 Å². The van der Waals surface area contributed by atoms with Crippen molar-refractivity contribution in [3.8, 4) is 5.75 Å². The number of likely N-dealkylation sites (tertiary alicyclic amines) is 1. The summed E-state index contributed by atoms with van der Waals surface area (Å²) >= 11 is 3.37. The van der Waals surface area contributed by atoms with Crippen LogP contribution in [-0.2, 0) is 9.59 Å². The van der Waals surface area contributed by atoms with Crippen LogP contribution >= 0.6 is 15.9 Å². The van der Waals surface area contributed by atoms with Gasteiger partial charge in [-0.1, -0.05) is 12.1 Å². The summed E-state index contributed by atoms with van der Waals surface area (Å²) in [5.41, 5.74) is 0. The van der Waals surface area contributed by atoms with Crippen molar-refractivity contribution < 1.29 is 19.4 Å². The minimum absolute atomic E-state index is 0.170. The highest BCUT2D eigenvalue weighted by atomic mass is 79.9. The molecule has 21 heavy (non-hydrogen) atoms. The van der Waals surface area contributed by atoms with Crippen molar-refractivity contribution >= 4 is 27.8 Å². The molecule has 0 aliphatic carbocycles. The fourth-order valence-electron chi connectivity index (χ4n) is 2.42. The number of carbonyl (C=O) groups excluding carboxylic acids is 1. The lowest BCUT2D eigenvalue weighted by Crippen LogP contribution is -2.47. The Balaban J connectivity index is 1.99. The van der Waals surface area contributed by atoms with E-state index < -0.39 is 18.0 Å². The van der Waals surface area contributed by atoms with Crippen LogP contribution in [0.15, 0.2) is 28.7 Å². The van der Waals surface area contributed by atoms with Gasteiger partial charge in [0.05, 0.1) is 10.4 Å². The first kappa shape index (κ1) is 15.8. The Morgan fingerprint density at radius 2 is 2.14 bits per heavy atom. The number of para-hydroxylation sites is 1. The lowest BCUT2D eigenvalue weighted by Gasteiger charge is -2.32. The first-order valence-electron chi connectivity index (χ1n) is 6.92. The maximum atomic E-state index is 12.4. The minimum atomic E-state index is -0.841. The van der Waals surface area contributed by atoms with E-state index in [4.69, 9.17) is 9.84 Å². The van der Waals surface area contributed by atoms with E-state index in [2.05, 4.69) is 15.9 Å². The predicted octanol–water partition coefficient (Wildman–Crippen LogP) is 2.54. The molecule has 0 spiro atoms.